The lowest BCUT2D eigenvalue weighted by Crippen LogP contribution is -2.60. The van der Waals surface area contributed by atoms with Gasteiger partial charge in [0.25, 0.3) is 0 Å². The molecule has 15 nitrogen and oxygen atoms in total. The first kappa shape index (κ1) is 43.4. The van der Waals surface area contributed by atoms with E-state index in [2.05, 4.69) is 31.2 Å². The number of para-hydroxylation sites is 1. The number of nitrogens with one attached hydrogen (secondary N) is 5. The molecule has 59 heavy (non-hydrogen) atoms. The van der Waals surface area contributed by atoms with E-state index in [0.29, 0.717) is 6.42 Å². The van der Waals surface area contributed by atoms with E-state index >= 15 is 0 Å². The quantitative estimate of drug-likeness (QED) is 0.0318. The maximum atomic E-state index is 14.6. The fourth-order valence-corrected chi connectivity index (χ4v) is 6.87. The molecule has 310 valence electrons. The third-order valence-corrected chi connectivity index (χ3v) is 10.2. The summed E-state index contributed by atoms with van der Waals surface area (Å²) in [6.45, 7) is 3.84. The van der Waals surface area contributed by atoms with Crippen LogP contribution in [0.3, 0.4) is 0 Å². The first-order valence-electron chi connectivity index (χ1n) is 19.7. The second-order valence-corrected chi connectivity index (χ2v) is 15.0. The normalized spacial score (nSPS) is 13.8. The summed E-state index contributed by atoms with van der Waals surface area (Å²) in [4.78, 5) is 76.1. The molecule has 0 aliphatic rings. The molecule has 5 aromatic rings. The van der Waals surface area contributed by atoms with Crippen molar-refractivity contribution in [2.45, 2.75) is 76.2 Å². The molecule has 0 fully saturated rings. The number of nitrogens with zero attached hydrogens (tertiary/aromatic N) is 1. The Kier molecular flexibility index (Phi) is 15.2. The zero-order valence-electron chi connectivity index (χ0n) is 33.3. The summed E-state index contributed by atoms with van der Waals surface area (Å²) in [5, 5.41) is 14.0. The molecule has 0 saturated heterocycles. The van der Waals surface area contributed by atoms with Crippen molar-refractivity contribution in [1.82, 2.24) is 26.3 Å². The Bertz CT molecular complexity index is 2260. The number of H-pyrrole nitrogens is 1. The van der Waals surface area contributed by atoms with E-state index in [1.54, 1.807) is 30.5 Å². The summed E-state index contributed by atoms with van der Waals surface area (Å²) in [5.74, 6) is -3.55. The lowest BCUT2D eigenvalue weighted by Gasteiger charge is -2.27. The number of aromatic amines is 1. The molecule has 0 unspecified atom stereocenters. The van der Waals surface area contributed by atoms with Gasteiger partial charge in [0.2, 0.25) is 29.5 Å². The van der Waals surface area contributed by atoms with Crippen LogP contribution < -0.4 is 44.2 Å². The topological polar surface area (TPSA) is 266 Å². The molecule has 5 amide bonds. The van der Waals surface area contributed by atoms with Crippen LogP contribution in [0.25, 0.3) is 21.7 Å². The lowest BCUT2D eigenvalue weighted by atomic mass is 9.96. The number of guanidine groups is 1. The second kappa shape index (κ2) is 20.6. The molecular formula is C44H54N10O5. The number of carbonyl (C=O) groups is 5. The van der Waals surface area contributed by atoms with Crippen LogP contribution >= 0.6 is 0 Å². The third kappa shape index (κ3) is 12.1. The minimum absolute atomic E-state index is 0.0242. The Labute approximate surface area is 343 Å². The predicted molar refractivity (Wildman–Crippen MR) is 229 cm³/mol. The predicted octanol–water partition coefficient (Wildman–Crippen LogP) is 1.81. The van der Waals surface area contributed by atoms with Crippen molar-refractivity contribution in [2.24, 2.45) is 33.8 Å². The molecule has 5 atom stereocenters. The number of hydrogen-bond acceptors (Lipinski definition) is 7. The van der Waals surface area contributed by atoms with Crippen LogP contribution in [0.5, 0.6) is 0 Å². The molecule has 0 aliphatic carbocycles. The second-order valence-electron chi connectivity index (χ2n) is 15.0. The van der Waals surface area contributed by atoms with Gasteiger partial charge in [-0.1, -0.05) is 105 Å². The SMILES string of the molecule is CC(C)[C@@H](N)C(=O)N[C@H](Cc1cccc2ccccc12)C(=O)N[C@H](Cc1c[nH]c2ccccc12)C(=O)N[C@@H](Cc1ccccc1)C(=O)N[C@@H](CCCN=C(N)N)C(N)=O. The number of primary amides is 1. The highest BCUT2D eigenvalue weighted by molar-refractivity contribution is 5.97. The van der Waals surface area contributed by atoms with E-state index in [1.165, 1.54) is 0 Å². The van der Waals surface area contributed by atoms with Crippen molar-refractivity contribution >= 4 is 57.2 Å². The van der Waals surface area contributed by atoms with E-state index < -0.39 is 59.7 Å². The highest BCUT2D eigenvalue weighted by Gasteiger charge is 2.33. The zero-order valence-corrected chi connectivity index (χ0v) is 33.3. The number of rotatable bonds is 20. The van der Waals surface area contributed by atoms with Gasteiger partial charge in [0.15, 0.2) is 5.96 Å². The molecular weight excluding hydrogens is 749 g/mol. The number of fused-ring (bicyclic) bond motifs is 2. The number of nitrogens with two attached hydrogens (primary N) is 4. The third-order valence-electron chi connectivity index (χ3n) is 10.2. The Morgan fingerprint density at radius 1 is 0.610 bits per heavy atom. The molecule has 0 radical (unpaired) electrons. The van der Waals surface area contributed by atoms with Crippen LogP contribution in [-0.4, -0.2) is 77.2 Å². The van der Waals surface area contributed by atoms with E-state index in [9.17, 15) is 24.0 Å². The Morgan fingerprint density at radius 3 is 1.80 bits per heavy atom. The van der Waals surface area contributed by atoms with Gasteiger partial charge in [0.05, 0.1) is 6.04 Å². The summed E-state index contributed by atoms with van der Waals surface area (Å²) in [5.41, 5.74) is 25.9. The Balaban J connectivity index is 1.46. The molecule has 0 aliphatic heterocycles. The lowest BCUT2D eigenvalue weighted by molar-refractivity contribution is -0.134. The number of aliphatic imine (C=N–C) groups is 1. The van der Waals surface area contributed by atoms with Crippen molar-refractivity contribution in [3.63, 3.8) is 0 Å². The van der Waals surface area contributed by atoms with Gasteiger partial charge in [-0.3, -0.25) is 29.0 Å². The maximum Gasteiger partial charge on any atom is 0.243 e. The zero-order chi connectivity index (χ0) is 42.5. The minimum Gasteiger partial charge on any atom is -0.370 e. The molecule has 1 heterocycles. The summed E-state index contributed by atoms with van der Waals surface area (Å²) in [6.07, 6.45) is 2.44. The first-order chi connectivity index (χ1) is 28.3. The van der Waals surface area contributed by atoms with Gasteiger partial charge in [-0.25, -0.2) is 0 Å². The fourth-order valence-electron chi connectivity index (χ4n) is 6.87. The number of aromatic nitrogens is 1. The van der Waals surface area contributed by atoms with Gasteiger partial charge in [0.1, 0.15) is 24.2 Å². The molecule has 0 bridgehead atoms. The smallest absolute Gasteiger partial charge is 0.243 e. The van der Waals surface area contributed by atoms with E-state index in [0.717, 1.165) is 38.4 Å². The van der Waals surface area contributed by atoms with Crippen LogP contribution in [0, 0.1) is 5.92 Å². The van der Waals surface area contributed by atoms with Gasteiger partial charge in [-0.2, -0.15) is 0 Å². The molecule has 1 aromatic heterocycles. The number of benzene rings is 4. The summed E-state index contributed by atoms with van der Waals surface area (Å²) in [7, 11) is 0. The average molecular weight is 803 g/mol. The maximum absolute atomic E-state index is 14.6. The minimum atomic E-state index is -1.23. The summed E-state index contributed by atoms with van der Waals surface area (Å²) in [6, 6.07) is 24.5. The highest BCUT2D eigenvalue weighted by Crippen LogP contribution is 2.22. The van der Waals surface area contributed by atoms with Gasteiger partial charge in [0, 0.05) is 42.9 Å². The monoisotopic (exact) mass is 802 g/mol. The number of carbonyl (C=O) groups excluding carboxylic acids is 5. The standard InChI is InChI=1S/C44H54N10O5/c1-26(2)38(45)43(59)54-36(23-29-16-10-15-28-14-6-7-17-31(28)29)41(57)53-37(24-30-25-50-33-19-9-8-18-32(30)33)42(58)52-35(22-27-12-4-3-5-13-27)40(56)51-34(39(46)55)20-11-21-49-44(47)48/h3-10,12-19,25-26,34-38,50H,11,20-24,45H2,1-2H3,(H2,46,55)(H,51,56)(H,52,58)(H,53,57)(H,54,59)(H4,47,48,49)/t34-,35-,36+,37+,38+/m0/s1. The molecule has 4 aromatic carbocycles. The molecule has 5 rings (SSSR count). The van der Waals surface area contributed by atoms with Crippen LogP contribution in [-0.2, 0) is 43.2 Å². The van der Waals surface area contributed by atoms with Crippen molar-refractivity contribution < 1.29 is 24.0 Å². The Morgan fingerprint density at radius 2 is 1.15 bits per heavy atom. The van der Waals surface area contributed by atoms with E-state index in [1.807, 2.05) is 86.6 Å². The van der Waals surface area contributed by atoms with Crippen molar-refractivity contribution in [3.8, 4) is 0 Å². The number of hydrogen-bond donors (Lipinski definition) is 9. The van der Waals surface area contributed by atoms with Crippen LogP contribution in [0.2, 0.25) is 0 Å². The highest BCUT2D eigenvalue weighted by atomic mass is 16.2. The summed E-state index contributed by atoms with van der Waals surface area (Å²) >= 11 is 0. The molecule has 0 spiro atoms. The van der Waals surface area contributed by atoms with E-state index in [4.69, 9.17) is 22.9 Å². The average Bonchev–Trinajstić information content (AvgIpc) is 3.63. The number of amides is 5. The van der Waals surface area contributed by atoms with Gasteiger partial charge >= 0.3 is 0 Å². The van der Waals surface area contributed by atoms with Gasteiger partial charge < -0.3 is 49.2 Å². The van der Waals surface area contributed by atoms with Gasteiger partial charge in [-0.15, -0.1) is 0 Å². The largest absolute Gasteiger partial charge is 0.370 e. The van der Waals surface area contributed by atoms with Crippen LogP contribution in [0.1, 0.15) is 43.4 Å². The van der Waals surface area contributed by atoms with Crippen molar-refractivity contribution in [3.05, 3.63) is 120 Å². The summed E-state index contributed by atoms with van der Waals surface area (Å²) < 4.78 is 0. The fraction of sp³-hybridized carbons (Fsp3) is 0.318. The van der Waals surface area contributed by atoms with Crippen molar-refractivity contribution in [1.29, 1.82) is 0 Å². The molecule has 13 N–H and O–H groups in total. The van der Waals surface area contributed by atoms with Crippen molar-refractivity contribution in [2.75, 3.05) is 6.54 Å². The van der Waals surface area contributed by atoms with Crippen LogP contribution in [0.4, 0.5) is 0 Å². The van der Waals surface area contributed by atoms with Crippen LogP contribution in [0.15, 0.2) is 108 Å². The van der Waals surface area contributed by atoms with E-state index in [-0.39, 0.29) is 44.1 Å². The van der Waals surface area contributed by atoms with Gasteiger partial charge in [-0.05, 0) is 52.3 Å². The molecule has 0 saturated carbocycles. The molecule has 15 heteroatoms. The Hall–Kier alpha value is -6.74. The first-order valence-corrected chi connectivity index (χ1v) is 19.7.